The second-order valence-corrected chi connectivity index (χ2v) is 9.76. The summed E-state index contributed by atoms with van der Waals surface area (Å²) in [7, 11) is -3.16. The van der Waals surface area contributed by atoms with Crippen LogP contribution in [-0.2, 0) is 9.40 Å². The summed E-state index contributed by atoms with van der Waals surface area (Å²) < 4.78 is 14.9. The molecule has 0 aliphatic carbocycles. The van der Waals surface area contributed by atoms with Crippen molar-refractivity contribution < 1.29 is 14.5 Å². The van der Waals surface area contributed by atoms with Crippen LogP contribution in [0.25, 0.3) is 0 Å². The highest BCUT2D eigenvalue weighted by Gasteiger charge is 2.33. The van der Waals surface area contributed by atoms with E-state index < -0.39 is 18.3 Å². The van der Waals surface area contributed by atoms with Crippen LogP contribution in [-0.4, -0.2) is 11.2 Å². The summed E-state index contributed by atoms with van der Waals surface area (Å²) in [5, 5.41) is 11.6. The van der Waals surface area contributed by atoms with Gasteiger partial charge in [0.25, 0.3) is 5.09 Å². The maximum atomic E-state index is 14.2. The summed E-state index contributed by atoms with van der Waals surface area (Å²) in [6.07, 6.45) is -0.970. The lowest BCUT2D eigenvalue weighted by atomic mass is 10.1. The Balaban J connectivity index is 2.08. The monoisotopic (exact) mass is 445 g/mol. The largest absolute Gasteiger partial charge is 0.314 e. The highest BCUT2D eigenvalue weighted by atomic mass is 79.9. The summed E-state index contributed by atoms with van der Waals surface area (Å²) in [6.45, 7) is 0. The van der Waals surface area contributed by atoms with Gasteiger partial charge in [-0.1, -0.05) is 88.7 Å². The predicted octanol–water partition coefficient (Wildman–Crippen LogP) is 4.71. The van der Waals surface area contributed by atoms with Gasteiger partial charge in [0.05, 0.1) is 0 Å². The Morgan fingerprint density at radius 3 is 1.96 bits per heavy atom. The molecular formula is C20H17BrNO4P. The lowest BCUT2D eigenvalue weighted by molar-refractivity contribution is -0.769. The zero-order valence-electron chi connectivity index (χ0n) is 14.3. The lowest BCUT2D eigenvalue weighted by Gasteiger charge is -2.24. The van der Waals surface area contributed by atoms with Crippen LogP contribution in [0.1, 0.15) is 11.7 Å². The number of hydrogen-bond donors (Lipinski definition) is 0. The van der Waals surface area contributed by atoms with Crippen LogP contribution in [0.15, 0.2) is 89.4 Å². The molecule has 0 heterocycles. The molecule has 0 spiro atoms. The van der Waals surface area contributed by atoms with Crippen molar-refractivity contribution in [1.82, 2.24) is 0 Å². The first-order chi connectivity index (χ1) is 13.0. The summed E-state index contributed by atoms with van der Waals surface area (Å²) in [5.74, 6) is 0. The van der Waals surface area contributed by atoms with Gasteiger partial charge in [-0.15, -0.1) is 10.1 Å². The van der Waals surface area contributed by atoms with Gasteiger partial charge < -0.3 is 9.40 Å². The molecule has 27 heavy (non-hydrogen) atoms. The van der Waals surface area contributed by atoms with Gasteiger partial charge in [0.2, 0.25) is 0 Å². The standard InChI is InChI=1S/C20H17BrNO4P/c21-17-9-7-8-16(14-17)20(26-22(23)24)15-27(25,18-10-3-1-4-11-18)19-12-5-2-6-13-19/h1-14,20H,15H2. The van der Waals surface area contributed by atoms with Gasteiger partial charge in [0.1, 0.15) is 13.2 Å². The molecule has 0 aromatic heterocycles. The topological polar surface area (TPSA) is 69.4 Å². The minimum atomic E-state index is -3.16. The molecule has 0 saturated carbocycles. The molecule has 3 rings (SSSR count). The Bertz CT molecular complexity index is 922. The van der Waals surface area contributed by atoms with E-state index >= 15 is 0 Å². The molecule has 3 aromatic carbocycles. The molecule has 0 amide bonds. The van der Waals surface area contributed by atoms with E-state index in [-0.39, 0.29) is 6.16 Å². The first kappa shape index (κ1) is 19.3. The number of nitrogens with zero attached hydrogens (tertiary/aromatic N) is 1. The van der Waals surface area contributed by atoms with E-state index in [2.05, 4.69) is 15.9 Å². The van der Waals surface area contributed by atoms with E-state index in [1.165, 1.54) is 0 Å². The third-order valence-electron chi connectivity index (χ3n) is 4.20. The molecule has 0 fully saturated rings. The van der Waals surface area contributed by atoms with Crippen LogP contribution in [0.3, 0.4) is 0 Å². The average Bonchev–Trinajstić information content (AvgIpc) is 2.68. The van der Waals surface area contributed by atoms with Crippen LogP contribution in [0, 0.1) is 10.1 Å². The van der Waals surface area contributed by atoms with E-state index in [1.807, 2.05) is 42.5 Å². The minimum absolute atomic E-state index is 0.0154. The fraction of sp³-hybridized carbons (Fsp3) is 0.100. The highest BCUT2D eigenvalue weighted by molar-refractivity contribution is 9.10. The van der Waals surface area contributed by atoms with Crippen molar-refractivity contribution in [2.45, 2.75) is 6.10 Å². The quantitative estimate of drug-likeness (QED) is 0.300. The smallest absolute Gasteiger partial charge is 0.295 e. The van der Waals surface area contributed by atoms with Crippen molar-refractivity contribution >= 4 is 33.7 Å². The highest BCUT2D eigenvalue weighted by Crippen LogP contribution is 2.47. The molecule has 138 valence electrons. The zero-order chi connectivity index (χ0) is 19.3. The fourth-order valence-corrected chi connectivity index (χ4v) is 6.13. The number of rotatable bonds is 7. The molecule has 5 nitrogen and oxygen atoms in total. The van der Waals surface area contributed by atoms with Gasteiger partial charge >= 0.3 is 0 Å². The first-order valence-electron chi connectivity index (χ1n) is 8.26. The SMILES string of the molecule is O=[N+]([O-])OC(CP(=O)(c1ccccc1)c1ccccc1)c1cccc(Br)c1. The predicted molar refractivity (Wildman–Crippen MR) is 110 cm³/mol. The van der Waals surface area contributed by atoms with Gasteiger partial charge in [0, 0.05) is 21.2 Å². The lowest BCUT2D eigenvalue weighted by Crippen LogP contribution is -2.24. The van der Waals surface area contributed by atoms with Gasteiger partial charge in [-0.25, -0.2) is 0 Å². The number of benzene rings is 3. The van der Waals surface area contributed by atoms with Crippen molar-refractivity contribution in [3.05, 3.63) is 105 Å². The van der Waals surface area contributed by atoms with Crippen LogP contribution in [0.5, 0.6) is 0 Å². The van der Waals surface area contributed by atoms with Gasteiger partial charge in [-0.2, -0.15) is 0 Å². The maximum absolute atomic E-state index is 14.2. The number of halogens is 1. The van der Waals surface area contributed by atoms with Crippen LogP contribution in [0.4, 0.5) is 0 Å². The maximum Gasteiger partial charge on any atom is 0.295 e. The third-order valence-corrected chi connectivity index (χ3v) is 7.81. The molecular weight excluding hydrogens is 429 g/mol. The third kappa shape index (κ3) is 4.65. The Morgan fingerprint density at radius 2 is 1.48 bits per heavy atom. The first-order valence-corrected chi connectivity index (χ1v) is 10.9. The molecule has 0 aliphatic rings. The van der Waals surface area contributed by atoms with Crippen molar-refractivity contribution in [3.63, 3.8) is 0 Å². The summed E-state index contributed by atoms with van der Waals surface area (Å²) in [6, 6.07) is 25.2. The normalized spacial score (nSPS) is 12.3. The molecule has 1 atom stereocenters. The van der Waals surface area contributed by atoms with E-state index in [0.717, 1.165) is 4.47 Å². The van der Waals surface area contributed by atoms with Gasteiger partial charge in [-0.05, 0) is 17.7 Å². The zero-order valence-corrected chi connectivity index (χ0v) is 16.8. The van der Waals surface area contributed by atoms with Crippen molar-refractivity contribution in [2.24, 2.45) is 0 Å². The molecule has 1 unspecified atom stereocenters. The van der Waals surface area contributed by atoms with E-state index in [0.29, 0.717) is 16.2 Å². The van der Waals surface area contributed by atoms with Crippen LogP contribution < -0.4 is 10.6 Å². The molecule has 3 aromatic rings. The van der Waals surface area contributed by atoms with Gasteiger partial charge in [0.15, 0.2) is 0 Å². The Hall–Kier alpha value is -2.43. The van der Waals surface area contributed by atoms with E-state index in [4.69, 9.17) is 4.84 Å². The Kier molecular flexibility index (Phi) is 6.09. The summed E-state index contributed by atoms with van der Waals surface area (Å²) in [5.41, 5.74) is 0.591. The molecule has 0 N–H and O–H groups in total. The average molecular weight is 446 g/mol. The number of hydrogen-bond acceptors (Lipinski definition) is 4. The molecule has 0 radical (unpaired) electrons. The Morgan fingerprint density at radius 1 is 0.926 bits per heavy atom. The molecule has 0 bridgehead atoms. The molecule has 0 aliphatic heterocycles. The van der Waals surface area contributed by atoms with Gasteiger partial charge in [-0.3, -0.25) is 0 Å². The summed E-state index contributed by atoms with van der Waals surface area (Å²) >= 11 is 3.37. The minimum Gasteiger partial charge on any atom is -0.314 e. The summed E-state index contributed by atoms with van der Waals surface area (Å²) in [4.78, 5) is 16.1. The van der Waals surface area contributed by atoms with E-state index in [9.17, 15) is 14.7 Å². The van der Waals surface area contributed by atoms with Crippen molar-refractivity contribution in [3.8, 4) is 0 Å². The molecule has 7 heteroatoms. The fourth-order valence-electron chi connectivity index (χ4n) is 2.94. The Labute approximate surface area is 165 Å². The second-order valence-electron chi connectivity index (χ2n) is 5.97. The molecule has 0 saturated heterocycles. The van der Waals surface area contributed by atoms with Crippen LogP contribution >= 0.6 is 23.1 Å². The second kappa shape index (κ2) is 8.51. The van der Waals surface area contributed by atoms with Crippen molar-refractivity contribution in [2.75, 3.05) is 6.16 Å². The van der Waals surface area contributed by atoms with E-state index in [1.54, 1.807) is 42.5 Å². The van der Waals surface area contributed by atoms with Crippen molar-refractivity contribution in [1.29, 1.82) is 0 Å². The van der Waals surface area contributed by atoms with Crippen LogP contribution in [0.2, 0.25) is 0 Å².